The molecule has 0 saturated carbocycles. The Morgan fingerprint density at radius 3 is 2.67 bits per heavy atom. The van der Waals surface area contributed by atoms with Gasteiger partial charge in [-0.3, -0.25) is 4.79 Å². The molecule has 0 aromatic carbocycles. The molecular formula is C10H18N4O. The minimum atomic E-state index is -0.164. The van der Waals surface area contributed by atoms with E-state index in [1.54, 1.807) is 0 Å². The predicted octanol–water partition coefficient (Wildman–Crippen LogP) is 1.36. The third kappa shape index (κ3) is 3.04. The van der Waals surface area contributed by atoms with Gasteiger partial charge in [0.25, 0.3) is 5.91 Å². The molecule has 1 aromatic heterocycles. The third-order valence-electron chi connectivity index (χ3n) is 2.76. The van der Waals surface area contributed by atoms with Gasteiger partial charge in [0.15, 0.2) is 5.69 Å². The van der Waals surface area contributed by atoms with Gasteiger partial charge in [-0.1, -0.05) is 26.7 Å². The van der Waals surface area contributed by atoms with Crippen molar-refractivity contribution in [3.8, 4) is 0 Å². The van der Waals surface area contributed by atoms with E-state index in [1.165, 1.54) is 6.20 Å². The van der Waals surface area contributed by atoms with E-state index in [4.69, 9.17) is 0 Å². The molecule has 15 heavy (non-hydrogen) atoms. The number of hydrogen-bond acceptors (Lipinski definition) is 3. The molecule has 84 valence electrons. The average molecular weight is 210 g/mol. The van der Waals surface area contributed by atoms with E-state index >= 15 is 0 Å². The molecule has 0 radical (unpaired) electrons. The third-order valence-corrected chi connectivity index (χ3v) is 2.76. The van der Waals surface area contributed by atoms with Crippen LogP contribution in [0.1, 0.15) is 44.1 Å². The molecule has 1 aromatic rings. The highest BCUT2D eigenvalue weighted by molar-refractivity contribution is 5.91. The molecule has 0 aliphatic carbocycles. The van der Waals surface area contributed by atoms with Crippen molar-refractivity contribution in [1.82, 2.24) is 20.7 Å². The number of carbonyl (C=O) groups excluding carboxylic acids is 1. The smallest absolute Gasteiger partial charge is 0.273 e. The Kier molecular flexibility index (Phi) is 4.27. The summed E-state index contributed by atoms with van der Waals surface area (Å²) in [6.07, 6.45) is 3.56. The van der Waals surface area contributed by atoms with E-state index in [-0.39, 0.29) is 11.9 Å². The van der Waals surface area contributed by atoms with Crippen LogP contribution < -0.4 is 5.32 Å². The molecule has 0 saturated heterocycles. The van der Waals surface area contributed by atoms with Crippen LogP contribution in [0.2, 0.25) is 0 Å². The van der Waals surface area contributed by atoms with E-state index in [2.05, 4.69) is 34.6 Å². The van der Waals surface area contributed by atoms with Crippen molar-refractivity contribution in [2.24, 2.45) is 5.92 Å². The summed E-state index contributed by atoms with van der Waals surface area (Å²) in [4.78, 5) is 11.6. The monoisotopic (exact) mass is 210 g/mol. The topological polar surface area (TPSA) is 70.7 Å². The number of rotatable bonds is 5. The van der Waals surface area contributed by atoms with Crippen LogP contribution in [0.25, 0.3) is 0 Å². The van der Waals surface area contributed by atoms with Gasteiger partial charge in [0.05, 0.1) is 6.20 Å². The fraction of sp³-hybridized carbons (Fsp3) is 0.700. The Bertz CT molecular complexity index is 292. The highest BCUT2D eigenvalue weighted by atomic mass is 16.2. The molecule has 2 N–H and O–H groups in total. The molecule has 1 unspecified atom stereocenters. The Labute approximate surface area is 89.6 Å². The summed E-state index contributed by atoms with van der Waals surface area (Å²) in [6, 6.07) is 0.171. The maximum Gasteiger partial charge on any atom is 0.273 e. The van der Waals surface area contributed by atoms with Gasteiger partial charge in [-0.15, -0.1) is 0 Å². The second-order valence-corrected chi connectivity index (χ2v) is 3.69. The summed E-state index contributed by atoms with van der Waals surface area (Å²) in [7, 11) is 0. The maximum atomic E-state index is 11.6. The van der Waals surface area contributed by atoms with Crippen molar-refractivity contribution in [3.05, 3.63) is 11.9 Å². The summed E-state index contributed by atoms with van der Waals surface area (Å²) in [5, 5.41) is 12.7. The molecule has 1 atom stereocenters. The Morgan fingerprint density at radius 2 is 2.20 bits per heavy atom. The first-order chi connectivity index (χ1) is 7.19. The molecule has 1 heterocycles. The van der Waals surface area contributed by atoms with Crippen LogP contribution in [0.15, 0.2) is 6.20 Å². The van der Waals surface area contributed by atoms with Crippen molar-refractivity contribution in [2.75, 3.05) is 0 Å². The number of aromatic amines is 1. The number of nitrogens with one attached hydrogen (secondary N) is 2. The van der Waals surface area contributed by atoms with Crippen LogP contribution in [-0.4, -0.2) is 27.4 Å². The fourth-order valence-corrected chi connectivity index (χ4v) is 1.71. The van der Waals surface area contributed by atoms with Gasteiger partial charge in [-0.25, -0.2) is 0 Å². The lowest BCUT2D eigenvalue weighted by molar-refractivity contribution is 0.0920. The molecule has 0 fully saturated rings. The highest BCUT2D eigenvalue weighted by Crippen LogP contribution is 2.12. The van der Waals surface area contributed by atoms with Crippen LogP contribution in [0.5, 0.6) is 0 Å². The first kappa shape index (κ1) is 11.7. The summed E-state index contributed by atoms with van der Waals surface area (Å²) in [5.41, 5.74) is 0.341. The van der Waals surface area contributed by atoms with Crippen molar-refractivity contribution in [1.29, 1.82) is 0 Å². The summed E-state index contributed by atoms with van der Waals surface area (Å²) < 4.78 is 0. The number of amides is 1. The van der Waals surface area contributed by atoms with Gasteiger partial charge < -0.3 is 5.32 Å². The van der Waals surface area contributed by atoms with Gasteiger partial charge in [0.1, 0.15) is 0 Å². The number of carbonyl (C=O) groups is 1. The van der Waals surface area contributed by atoms with Crippen LogP contribution >= 0.6 is 0 Å². The second kappa shape index (κ2) is 5.48. The predicted molar refractivity (Wildman–Crippen MR) is 57.4 cm³/mol. The molecule has 1 amide bonds. The van der Waals surface area contributed by atoms with Crippen LogP contribution in [0, 0.1) is 5.92 Å². The lowest BCUT2D eigenvalue weighted by atomic mass is 9.95. The van der Waals surface area contributed by atoms with Crippen LogP contribution in [0.4, 0.5) is 0 Å². The zero-order valence-corrected chi connectivity index (χ0v) is 9.45. The van der Waals surface area contributed by atoms with Crippen molar-refractivity contribution >= 4 is 5.91 Å². The molecule has 0 bridgehead atoms. The molecule has 5 nitrogen and oxygen atoms in total. The summed E-state index contributed by atoms with van der Waals surface area (Å²) in [6.45, 7) is 6.29. The van der Waals surface area contributed by atoms with Crippen molar-refractivity contribution in [2.45, 2.75) is 39.7 Å². The SMILES string of the molecule is CCC(CC)C(C)NC(=O)c1cn[nH]n1. The van der Waals surface area contributed by atoms with Gasteiger partial charge >= 0.3 is 0 Å². The van der Waals surface area contributed by atoms with Crippen LogP contribution in [0.3, 0.4) is 0 Å². The van der Waals surface area contributed by atoms with Gasteiger partial charge in [-0.2, -0.15) is 15.4 Å². The lowest BCUT2D eigenvalue weighted by Crippen LogP contribution is -2.37. The van der Waals surface area contributed by atoms with E-state index in [9.17, 15) is 4.79 Å². The van der Waals surface area contributed by atoms with Gasteiger partial charge in [0.2, 0.25) is 0 Å². The Hall–Kier alpha value is -1.39. The standard InChI is InChI=1S/C10H18N4O/c1-4-8(5-2)7(3)12-10(15)9-6-11-14-13-9/h6-8H,4-5H2,1-3H3,(H,12,15)(H,11,13,14). The molecule has 0 spiro atoms. The normalized spacial score (nSPS) is 12.8. The Balaban J connectivity index is 2.51. The summed E-state index contributed by atoms with van der Waals surface area (Å²) >= 11 is 0. The van der Waals surface area contributed by atoms with Crippen LogP contribution in [-0.2, 0) is 0 Å². The van der Waals surface area contributed by atoms with Gasteiger partial charge in [-0.05, 0) is 12.8 Å². The maximum absolute atomic E-state index is 11.6. The van der Waals surface area contributed by atoms with Crippen molar-refractivity contribution in [3.63, 3.8) is 0 Å². The zero-order chi connectivity index (χ0) is 11.3. The number of hydrogen-bond donors (Lipinski definition) is 2. The Morgan fingerprint density at radius 1 is 1.53 bits per heavy atom. The molecule has 0 aliphatic heterocycles. The van der Waals surface area contributed by atoms with E-state index < -0.39 is 0 Å². The quantitative estimate of drug-likeness (QED) is 0.770. The lowest BCUT2D eigenvalue weighted by Gasteiger charge is -2.21. The van der Waals surface area contributed by atoms with Crippen molar-refractivity contribution < 1.29 is 4.79 Å². The minimum absolute atomic E-state index is 0.164. The molecule has 0 aliphatic rings. The zero-order valence-electron chi connectivity index (χ0n) is 9.45. The highest BCUT2D eigenvalue weighted by Gasteiger charge is 2.17. The number of H-pyrrole nitrogens is 1. The van der Waals surface area contributed by atoms with E-state index in [0.29, 0.717) is 11.6 Å². The first-order valence-corrected chi connectivity index (χ1v) is 5.35. The fourth-order valence-electron chi connectivity index (χ4n) is 1.71. The summed E-state index contributed by atoms with van der Waals surface area (Å²) in [5.74, 6) is 0.351. The largest absolute Gasteiger partial charge is 0.348 e. The first-order valence-electron chi connectivity index (χ1n) is 5.35. The van der Waals surface area contributed by atoms with E-state index in [1.807, 2.05) is 6.92 Å². The molecule has 5 heteroatoms. The second-order valence-electron chi connectivity index (χ2n) is 3.69. The average Bonchev–Trinajstić information content (AvgIpc) is 2.72. The van der Waals surface area contributed by atoms with E-state index in [0.717, 1.165) is 12.8 Å². The molecular weight excluding hydrogens is 192 g/mol. The number of aromatic nitrogens is 3. The minimum Gasteiger partial charge on any atom is -0.348 e. The van der Waals surface area contributed by atoms with Gasteiger partial charge in [0, 0.05) is 6.04 Å². The number of nitrogens with zero attached hydrogens (tertiary/aromatic N) is 2. The molecule has 1 rings (SSSR count).